The summed E-state index contributed by atoms with van der Waals surface area (Å²) in [6.45, 7) is 2.59. The van der Waals surface area contributed by atoms with Crippen LogP contribution in [0.5, 0.6) is 0 Å². The molecule has 0 saturated heterocycles. The second-order valence-electron chi connectivity index (χ2n) is 5.09. The highest BCUT2D eigenvalue weighted by Crippen LogP contribution is 2.17. The normalized spacial score (nSPS) is 16.1. The van der Waals surface area contributed by atoms with Crippen LogP contribution >= 0.6 is 0 Å². The number of hydrogen-bond donors (Lipinski definition) is 1. The van der Waals surface area contributed by atoms with Gasteiger partial charge in [-0.15, -0.1) is 0 Å². The molecule has 18 heavy (non-hydrogen) atoms. The Morgan fingerprint density at radius 1 is 1.39 bits per heavy atom. The van der Waals surface area contributed by atoms with Gasteiger partial charge in [-0.2, -0.15) is 0 Å². The molecule has 1 saturated carbocycles. The number of hydrogen-bond acceptors (Lipinski definition) is 3. The zero-order chi connectivity index (χ0) is 12.8. The summed E-state index contributed by atoms with van der Waals surface area (Å²) in [4.78, 5) is 16.1. The van der Waals surface area contributed by atoms with Crippen molar-refractivity contribution < 1.29 is 4.79 Å². The molecule has 0 atom stereocenters. The lowest BCUT2D eigenvalue weighted by atomic mass is 10.1. The van der Waals surface area contributed by atoms with Gasteiger partial charge in [-0.25, -0.2) is 0 Å². The van der Waals surface area contributed by atoms with Crippen molar-refractivity contribution in [1.82, 2.24) is 10.3 Å². The maximum absolute atomic E-state index is 11.8. The van der Waals surface area contributed by atoms with E-state index in [1.165, 1.54) is 31.2 Å². The third kappa shape index (κ3) is 3.91. The van der Waals surface area contributed by atoms with Crippen LogP contribution in [0.2, 0.25) is 0 Å². The van der Waals surface area contributed by atoms with Gasteiger partial charge in [0, 0.05) is 17.9 Å². The van der Waals surface area contributed by atoms with Gasteiger partial charge in [0.1, 0.15) is 0 Å². The summed E-state index contributed by atoms with van der Waals surface area (Å²) >= 11 is 0. The first-order chi connectivity index (χ1) is 8.78. The van der Waals surface area contributed by atoms with E-state index in [2.05, 4.69) is 23.3 Å². The lowest BCUT2D eigenvalue weighted by Gasteiger charge is -2.10. The summed E-state index contributed by atoms with van der Waals surface area (Å²) in [5.41, 5.74) is 2.10. The Morgan fingerprint density at radius 3 is 2.78 bits per heavy atom. The van der Waals surface area contributed by atoms with E-state index in [4.69, 9.17) is 0 Å². The third-order valence-corrected chi connectivity index (χ3v) is 3.62. The maximum Gasteiger partial charge on any atom is 0.152 e. The minimum atomic E-state index is 0.235. The van der Waals surface area contributed by atoms with E-state index >= 15 is 0 Å². The number of pyridine rings is 1. The molecule has 2 rings (SSSR count). The standard InChI is InChI=1S/C15H22N2O/c1-2-12-7-8-14(16-10-12)9-15(18)11-17-13-5-3-4-6-13/h7-8,10,13,17H,2-6,9,11H2,1H3. The van der Waals surface area contributed by atoms with E-state index in [0.29, 0.717) is 19.0 Å². The molecule has 1 aromatic heterocycles. The molecular formula is C15H22N2O. The predicted octanol–water partition coefficient (Wildman–Crippen LogP) is 2.29. The average Bonchev–Trinajstić information content (AvgIpc) is 2.90. The molecule has 1 N–H and O–H groups in total. The van der Waals surface area contributed by atoms with E-state index < -0.39 is 0 Å². The number of ketones is 1. The summed E-state index contributed by atoms with van der Waals surface area (Å²) in [6, 6.07) is 4.58. The van der Waals surface area contributed by atoms with Gasteiger partial charge in [-0.1, -0.05) is 25.8 Å². The van der Waals surface area contributed by atoms with Crippen LogP contribution in [0.3, 0.4) is 0 Å². The monoisotopic (exact) mass is 246 g/mol. The fourth-order valence-corrected chi connectivity index (χ4v) is 2.42. The SMILES string of the molecule is CCc1ccc(CC(=O)CNC2CCCC2)nc1. The van der Waals surface area contributed by atoms with Crippen molar-refractivity contribution in [2.45, 2.75) is 51.5 Å². The van der Waals surface area contributed by atoms with Crippen LogP contribution in [-0.4, -0.2) is 23.4 Å². The molecule has 3 nitrogen and oxygen atoms in total. The van der Waals surface area contributed by atoms with Crippen LogP contribution in [0.1, 0.15) is 43.9 Å². The smallest absolute Gasteiger partial charge is 0.152 e. The summed E-state index contributed by atoms with van der Waals surface area (Å²) in [7, 11) is 0. The van der Waals surface area contributed by atoms with Crippen LogP contribution < -0.4 is 5.32 Å². The van der Waals surface area contributed by atoms with Gasteiger partial charge in [0.15, 0.2) is 5.78 Å². The summed E-state index contributed by atoms with van der Waals surface area (Å²) < 4.78 is 0. The minimum Gasteiger partial charge on any atom is -0.307 e. The Morgan fingerprint density at radius 2 is 2.17 bits per heavy atom. The molecule has 0 bridgehead atoms. The van der Waals surface area contributed by atoms with E-state index in [1.54, 1.807) is 0 Å². The van der Waals surface area contributed by atoms with Crippen molar-refractivity contribution in [2.75, 3.05) is 6.54 Å². The van der Waals surface area contributed by atoms with Gasteiger partial charge < -0.3 is 5.32 Å². The first kappa shape index (κ1) is 13.2. The zero-order valence-electron chi connectivity index (χ0n) is 11.1. The Labute approximate surface area is 109 Å². The van der Waals surface area contributed by atoms with Crippen molar-refractivity contribution in [3.63, 3.8) is 0 Å². The van der Waals surface area contributed by atoms with Crippen molar-refractivity contribution in [1.29, 1.82) is 0 Å². The highest BCUT2D eigenvalue weighted by molar-refractivity contribution is 5.82. The van der Waals surface area contributed by atoms with E-state index in [0.717, 1.165) is 12.1 Å². The number of carbonyl (C=O) groups is 1. The highest BCUT2D eigenvalue weighted by Gasteiger charge is 2.15. The Kier molecular flexibility index (Phi) is 4.88. The molecule has 0 radical (unpaired) electrons. The molecule has 0 aromatic carbocycles. The molecule has 1 aliphatic rings. The molecular weight excluding hydrogens is 224 g/mol. The molecule has 0 aliphatic heterocycles. The fourth-order valence-electron chi connectivity index (χ4n) is 2.42. The lowest BCUT2D eigenvalue weighted by molar-refractivity contribution is -0.117. The number of Topliss-reactive ketones (excluding diaryl/α,β-unsaturated/α-hetero) is 1. The summed E-state index contributed by atoms with van der Waals surface area (Å²) in [6.07, 6.45) is 8.34. The lowest BCUT2D eigenvalue weighted by Crippen LogP contribution is -2.32. The van der Waals surface area contributed by atoms with Crippen LogP contribution in [0.25, 0.3) is 0 Å². The molecule has 0 spiro atoms. The van der Waals surface area contributed by atoms with Crippen molar-refractivity contribution in [2.24, 2.45) is 0 Å². The van der Waals surface area contributed by atoms with Crippen molar-refractivity contribution in [3.8, 4) is 0 Å². The van der Waals surface area contributed by atoms with Crippen LogP contribution in [0.4, 0.5) is 0 Å². The molecule has 1 aliphatic carbocycles. The molecule has 0 amide bonds. The van der Waals surface area contributed by atoms with Crippen molar-refractivity contribution in [3.05, 3.63) is 29.6 Å². The first-order valence-corrected chi connectivity index (χ1v) is 6.97. The molecule has 1 fully saturated rings. The van der Waals surface area contributed by atoms with Gasteiger partial charge in [0.2, 0.25) is 0 Å². The van der Waals surface area contributed by atoms with Crippen LogP contribution in [0, 0.1) is 0 Å². The zero-order valence-corrected chi connectivity index (χ0v) is 11.1. The number of nitrogens with zero attached hydrogens (tertiary/aromatic N) is 1. The minimum absolute atomic E-state index is 0.235. The van der Waals surface area contributed by atoms with Gasteiger partial charge in [-0.3, -0.25) is 9.78 Å². The van der Waals surface area contributed by atoms with Gasteiger partial charge in [0.05, 0.1) is 13.0 Å². The Hall–Kier alpha value is -1.22. The largest absolute Gasteiger partial charge is 0.307 e. The van der Waals surface area contributed by atoms with Crippen LogP contribution in [-0.2, 0) is 17.6 Å². The highest BCUT2D eigenvalue weighted by atomic mass is 16.1. The number of aryl methyl sites for hydroxylation is 1. The average molecular weight is 246 g/mol. The molecule has 1 heterocycles. The number of aromatic nitrogens is 1. The van der Waals surface area contributed by atoms with Gasteiger partial charge in [-0.05, 0) is 30.9 Å². The van der Waals surface area contributed by atoms with Gasteiger partial charge >= 0.3 is 0 Å². The Balaban J connectivity index is 1.75. The number of nitrogens with one attached hydrogen (secondary N) is 1. The first-order valence-electron chi connectivity index (χ1n) is 6.97. The second kappa shape index (κ2) is 6.64. The Bertz CT molecular complexity index is 380. The van der Waals surface area contributed by atoms with E-state index in [9.17, 15) is 4.79 Å². The molecule has 1 aromatic rings. The van der Waals surface area contributed by atoms with Crippen LogP contribution in [0.15, 0.2) is 18.3 Å². The van der Waals surface area contributed by atoms with Gasteiger partial charge in [0.25, 0.3) is 0 Å². The fraction of sp³-hybridized carbons (Fsp3) is 0.600. The number of carbonyl (C=O) groups excluding carboxylic acids is 1. The number of rotatable bonds is 6. The third-order valence-electron chi connectivity index (χ3n) is 3.62. The molecule has 3 heteroatoms. The molecule has 0 unspecified atom stereocenters. The van der Waals surface area contributed by atoms with E-state index in [1.807, 2.05) is 12.3 Å². The summed E-state index contributed by atoms with van der Waals surface area (Å²) in [5, 5.41) is 3.35. The van der Waals surface area contributed by atoms with Crippen molar-refractivity contribution >= 4 is 5.78 Å². The maximum atomic E-state index is 11.8. The quantitative estimate of drug-likeness (QED) is 0.837. The molecule has 98 valence electrons. The van der Waals surface area contributed by atoms with E-state index in [-0.39, 0.29) is 5.78 Å². The predicted molar refractivity (Wildman–Crippen MR) is 72.6 cm³/mol. The summed E-state index contributed by atoms with van der Waals surface area (Å²) in [5.74, 6) is 0.235. The second-order valence-corrected chi connectivity index (χ2v) is 5.09. The topological polar surface area (TPSA) is 42.0 Å².